The lowest BCUT2D eigenvalue weighted by atomic mass is 9.96. The van der Waals surface area contributed by atoms with Gasteiger partial charge in [0.25, 0.3) is 0 Å². The van der Waals surface area contributed by atoms with Gasteiger partial charge in [0.05, 0.1) is 12.7 Å². The van der Waals surface area contributed by atoms with E-state index in [4.69, 9.17) is 23.7 Å². The van der Waals surface area contributed by atoms with Crippen LogP contribution < -0.4 is 10.1 Å². The van der Waals surface area contributed by atoms with Gasteiger partial charge in [-0.15, -0.1) is 0 Å². The molecular weight excluding hydrogens is 454 g/mol. The predicted octanol–water partition coefficient (Wildman–Crippen LogP) is 0.508. The summed E-state index contributed by atoms with van der Waals surface area (Å²) in [7, 11) is 1.25. The van der Waals surface area contributed by atoms with E-state index in [9.17, 15) is 24.0 Å². The summed E-state index contributed by atoms with van der Waals surface area (Å²) < 4.78 is 32.2. The molecule has 1 aromatic rings. The first-order chi connectivity index (χ1) is 16.0. The monoisotopic (exact) mass is 481 g/mol. The first kappa shape index (κ1) is 26.6. The predicted molar refractivity (Wildman–Crippen MR) is 112 cm³/mol. The fraction of sp³-hybridized carbons (Fsp3) is 0.500. The highest BCUT2D eigenvalue weighted by Crippen LogP contribution is 2.29. The summed E-state index contributed by atoms with van der Waals surface area (Å²) in [6.45, 7) is 4.36. The quantitative estimate of drug-likeness (QED) is 0.408. The van der Waals surface area contributed by atoms with Crippen LogP contribution in [-0.2, 0) is 42.9 Å². The van der Waals surface area contributed by atoms with E-state index in [-0.39, 0.29) is 17.9 Å². The molecule has 0 aliphatic carbocycles. The van der Waals surface area contributed by atoms with Crippen molar-refractivity contribution in [3.05, 3.63) is 29.8 Å². The molecule has 1 saturated heterocycles. The molecule has 0 aromatic heterocycles. The zero-order valence-corrected chi connectivity index (χ0v) is 19.4. The highest BCUT2D eigenvalue weighted by molar-refractivity contribution is 5.89. The van der Waals surface area contributed by atoms with E-state index in [0.29, 0.717) is 0 Å². The van der Waals surface area contributed by atoms with E-state index in [2.05, 4.69) is 10.1 Å². The van der Waals surface area contributed by atoms with E-state index < -0.39 is 60.4 Å². The highest BCUT2D eigenvalue weighted by Gasteiger charge is 2.51. The molecule has 0 radical (unpaired) electrons. The van der Waals surface area contributed by atoms with E-state index in [1.165, 1.54) is 45.2 Å². The fourth-order valence-corrected chi connectivity index (χ4v) is 3.31. The van der Waals surface area contributed by atoms with Crippen molar-refractivity contribution in [2.75, 3.05) is 13.7 Å². The summed E-state index contributed by atoms with van der Waals surface area (Å²) in [6, 6.07) is 4.75. The SMILES string of the molecule is COC(=O)c1ccc(OC2OC(COC(C)=O)C(OC(C)=O)C(OC(C)=O)C2NC(C)=O)cc1. The highest BCUT2D eigenvalue weighted by atomic mass is 16.7. The van der Waals surface area contributed by atoms with Crippen molar-refractivity contribution in [3.8, 4) is 5.75 Å². The minimum Gasteiger partial charge on any atom is -0.465 e. The van der Waals surface area contributed by atoms with Crippen LogP contribution >= 0.6 is 0 Å². The lowest BCUT2D eigenvalue weighted by Crippen LogP contribution is -2.67. The molecular formula is C22H27NO11. The van der Waals surface area contributed by atoms with Gasteiger partial charge in [0.15, 0.2) is 12.2 Å². The number of hydrogen-bond donors (Lipinski definition) is 1. The molecule has 5 atom stereocenters. The summed E-state index contributed by atoms with van der Waals surface area (Å²) in [6.07, 6.45) is -4.82. The third-order valence-electron chi connectivity index (χ3n) is 4.60. The number of rotatable bonds is 8. The molecule has 34 heavy (non-hydrogen) atoms. The molecule has 1 heterocycles. The second-order valence-corrected chi connectivity index (χ2v) is 7.35. The Morgan fingerprint density at radius 1 is 0.882 bits per heavy atom. The normalized spacial score (nSPS) is 23.7. The van der Waals surface area contributed by atoms with Gasteiger partial charge >= 0.3 is 23.9 Å². The molecule has 0 spiro atoms. The van der Waals surface area contributed by atoms with Crippen LogP contribution in [0.15, 0.2) is 24.3 Å². The molecule has 12 heteroatoms. The van der Waals surface area contributed by atoms with E-state index in [0.717, 1.165) is 13.8 Å². The van der Waals surface area contributed by atoms with Gasteiger partial charge in [0.2, 0.25) is 12.2 Å². The number of nitrogens with one attached hydrogen (secondary N) is 1. The maximum atomic E-state index is 11.9. The summed E-state index contributed by atoms with van der Waals surface area (Å²) in [5.41, 5.74) is 0.276. The first-order valence-electron chi connectivity index (χ1n) is 10.3. The minimum absolute atomic E-state index is 0.242. The number of benzene rings is 1. The van der Waals surface area contributed by atoms with Crippen LogP contribution in [0.5, 0.6) is 5.75 Å². The van der Waals surface area contributed by atoms with Gasteiger partial charge in [-0.25, -0.2) is 4.79 Å². The van der Waals surface area contributed by atoms with Crippen molar-refractivity contribution in [2.45, 2.75) is 58.3 Å². The van der Waals surface area contributed by atoms with Crippen molar-refractivity contribution < 1.29 is 52.4 Å². The van der Waals surface area contributed by atoms with Crippen molar-refractivity contribution in [1.29, 1.82) is 0 Å². The summed E-state index contributed by atoms with van der Waals surface area (Å²) in [4.78, 5) is 58.6. The Hall–Kier alpha value is -3.67. The summed E-state index contributed by atoms with van der Waals surface area (Å²) in [5.74, 6) is -2.84. The number of carbonyl (C=O) groups is 5. The molecule has 1 N–H and O–H groups in total. The zero-order chi connectivity index (χ0) is 25.4. The average molecular weight is 481 g/mol. The van der Waals surface area contributed by atoms with Crippen molar-refractivity contribution >= 4 is 29.8 Å². The third-order valence-corrected chi connectivity index (χ3v) is 4.60. The maximum Gasteiger partial charge on any atom is 0.337 e. The van der Waals surface area contributed by atoms with Gasteiger partial charge in [0.1, 0.15) is 24.5 Å². The molecule has 1 aromatic carbocycles. The van der Waals surface area contributed by atoms with Crippen molar-refractivity contribution in [1.82, 2.24) is 5.32 Å². The molecule has 0 bridgehead atoms. The lowest BCUT2D eigenvalue weighted by molar-refractivity contribution is -0.257. The van der Waals surface area contributed by atoms with Gasteiger partial charge in [-0.1, -0.05) is 0 Å². The Morgan fingerprint density at radius 3 is 1.97 bits per heavy atom. The Labute approximate surface area is 195 Å². The van der Waals surface area contributed by atoms with Crippen LogP contribution in [0.3, 0.4) is 0 Å². The number of carbonyl (C=O) groups excluding carboxylic acids is 5. The van der Waals surface area contributed by atoms with Crippen LogP contribution in [0, 0.1) is 0 Å². The zero-order valence-electron chi connectivity index (χ0n) is 19.4. The largest absolute Gasteiger partial charge is 0.465 e. The molecule has 1 fully saturated rings. The fourth-order valence-electron chi connectivity index (χ4n) is 3.31. The van der Waals surface area contributed by atoms with Crippen LogP contribution in [0.25, 0.3) is 0 Å². The number of amides is 1. The maximum absolute atomic E-state index is 11.9. The minimum atomic E-state index is -1.26. The smallest absolute Gasteiger partial charge is 0.337 e. The second-order valence-electron chi connectivity index (χ2n) is 7.35. The Balaban J connectivity index is 2.42. The number of ether oxygens (including phenoxy) is 6. The van der Waals surface area contributed by atoms with Crippen LogP contribution in [-0.4, -0.2) is 74.1 Å². The lowest BCUT2D eigenvalue weighted by Gasteiger charge is -2.44. The summed E-state index contributed by atoms with van der Waals surface area (Å²) in [5, 5.41) is 2.60. The second kappa shape index (κ2) is 12.0. The average Bonchev–Trinajstić information content (AvgIpc) is 2.75. The van der Waals surface area contributed by atoms with Crippen LogP contribution in [0.4, 0.5) is 0 Å². The van der Waals surface area contributed by atoms with Crippen LogP contribution in [0.1, 0.15) is 38.1 Å². The van der Waals surface area contributed by atoms with Gasteiger partial charge < -0.3 is 33.7 Å². The van der Waals surface area contributed by atoms with Crippen LogP contribution in [0.2, 0.25) is 0 Å². The van der Waals surface area contributed by atoms with Gasteiger partial charge in [-0.2, -0.15) is 0 Å². The van der Waals surface area contributed by atoms with Gasteiger partial charge in [0, 0.05) is 27.7 Å². The molecule has 0 saturated carbocycles. The van der Waals surface area contributed by atoms with Crippen molar-refractivity contribution in [2.24, 2.45) is 0 Å². The number of esters is 4. The van der Waals surface area contributed by atoms with Gasteiger partial charge in [-0.3, -0.25) is 19.2 Å². The molecule has 1 amide bonds. The topological polar surface area (TPSA) is 153 Å². The number of methoxy groups -OCH3 is 1. The van der Waals surface area contributed by atoms with E-state index in [1.807, 2.05) is 0 Å². The molecule has 1 aliphatic heterocycles. The molecule has 186 valence electrons. The van der Waals surface area contributed by atoms with Gasteiger partial charge in [-0.05, 0) is 24.3 Å². The Kier molecular flexibility index (Phi) is 9.36. The Morgan fingerprint density at radius 2 is 1.47 bits per heavy atom. The van der Waals surface area contributed by atoms with E-state index >= 15 is 0 Å². The molecule has 12 nitrogen and oxygen atoms in total. The number of hydrogen-bond acceptors (Lipinski definition) is 11. The summed E-state index contributed by atoms with van der Waals surface area (Å²) >= 11 is 0. The molecule has 1 aliphatic rings. The molecule has 5 unspecified atom stereocenters. The molecule has 2 rings (SSSR count). The first-order valence-corrected chi connectivity index (χ1v) is 10.3. The standard InChI is InChI=1S/C22H27NO11/c1-11(24)23-18-20(32-14(4)27)19(31-13(3)26)17(10-30-12(2)25)34-22(18)33-16-8-6-15(7-9-16)21(28)29-5/h6-9,17-20,22H,10H2,1-5H3,(H,23,24). The van der Waals surface area contributed by atoms with E-state index in [1.54, 1.807) is 0 Å². The third kappa shape index (κ3) is 7.44. The van der Waals surface area contributed by atoms with Crippen molar-refractivity contribution in [3.63, 3.8) is 0 Å². The Bertz CT molecular complexity index is 914.